The maximum absolute atomic E-state index is 12.3. The highest BCUT2D eigenvalue weighted by atomic mass is 16.4. The van der Waals surface area contributed by atoms with E-state index in [9.17, 15) is 9.59 Å². The van der Waals surface area contributed by atoms with Crippen molar-refractivity contribution < 1.29 is 14.7 Å². The SMILES string of the molecule is O=C(O)c1ccc2ncn(CC(=O)N3CCCCC3)c2c1. The van der Waals surface area contributed by atoms with Crippen molar-refractivity contribution in [3.05, 3.63) is 30.1 Å². The molecule has 1 N–H and O–H groups in total. The van der Waals surface area contributed by atoms with Gasteiger partial charge in [0.2, 0.25) is 5.91 Å². The van der Waals surface area contributed by atoms with Crippen molar-refractivity contribution in [2.24, 2.45) is 0 Å². The number of hydrogen-bond donors (Lipinski definition) is 1. The Labute approximate surface area is 122 Å². The average Bonchev–Trinajstić information content (AvgIpc) is 2.90. The lowest BCUT2D eigenvalue weighted by atomic mass is 10.1. The second-order valence-electron chi connectivity index (χ2n) is 5.32. The van der Waals surface area contributed by atoms with Crippen LogP contribution < -0.4 is 0 Å². The summed E-state index contributed by atoms with van der Waals surface area (Å²) in [6, 6.07) is 4.75. The molecular formula is C15H17N3O3. The van der Waals surface area contributed by atoms with Gasteiger partial charge in [-0.15, -0.1) is 0 Å². The smallest absolute Gasteiger partial charge is 0.335 e. The van der Waals surface area contributed by atoms with Crippen LogP contribution in [0.5, 0.6) is 0 Å². The van der Waals surface area contributed by atoms with E-state index in [0.29, 0.717) is 11.0 Å². The first-order valence-corrected chi connectivity index (χ1v) is 7.11. The van der Waals surface area contributed by atoms with Gasteiger partial charge in [0.15, 0.2) is 0 Å². The van der Waals surface area contributed by atoms with Crippen molar-refractivity contribution in [2.45, 2.75) is 25.8 Å². The molecule has 0 radical (unpaired) electrons. The number of carbonyl (C=O) groups is 2. The summed E-state index contributed by atoms with van der Waals surface area (Å²) in [6.07, 6.45) is 4.89. The zero-order valence-electron chi connectivity index (χ0n) is 11.7. The fraction of sp³-hybridized carbons (Fsp3) is 0.400. The number of carboxylic acids is 1. The van der Waals surface area contributed by atoms with E-state index in [1.165, 1.54) is 12.5 Å². The summed E-state index contributed by atoms with van der Waals surface area (Å²) in [7, 11) is 0. The van der Waals surface area contributed by atoms with Crippen LogP contribution in [0.3, 0.4) is 0 Å². The lowest BCUT2D eigenvalue weighted by Gasteiger charge is -2.26. The van der Waals surface area contributed by atoms with Crippen molar-refractivity contribution >= 4 is 22.9 Å². The standard InChI is InChI=1S/C15H17N3O3/c19-14(17-6-2-1-3-7-17)9-18-10-16-12-5-4-11(15(20)21)8-13(12)18/h4-5,8,10H,1-3,6-7,9H2,(H,20,21). The maximum atomic E-state index is 12.3. The second kappa shape index (κ2) is 5.55. The first-order chi connectivity index (χ1) is 10.1. The minimum atomic E-state index is -0.980. The number of nitrogens with zero attached hydrogens (tertiary/aromatic N) is 3. The maximum Gasteiger partial charge on any atom is 0.335 e. The molecule has 0 bridgehead atoms. The average molecular weight is 287 g/mol. The molecule has 1 amide bonds. The number of likely N-dealkylation sites (tertiary alicyclic amines) is 1. The van der Waals surface area contributed by atoms with E-state index < -0.39 is 5.97 Å². The van der Waals surface area contributed by atoms with E-state index in [-0.39, 0.29) is 18.0 Å². The number of fused-ring (bicyclic) bond motifs is 1. The number of aromatic nitrogens is 2. The Bertz CT molecular complexity index is 687. The number of imidazole rings is 1. The van der Waals surface area contributed by atoms with Crippen LogP contribution in [0, 0.1) is 0 Å². The molecule has 1 aliphatic heterocycles. The third-order valence-electron chi connectivity index (χ3n) is 3.88. The molecule has 3 rings (SSSR count). The minimum absolute atomic E-state index is 0.0646. The largest absolute Gasteiger partial charge is 0.478 e. The molecule has 0 spiro atoms. The van der Waals surface area contributed by atoms with Crippen LogP contribution in [0.4, 0.5) is 0 Å². The predicted octanol–water partition coefficient (Wildman–Crippen LogP) is 1.75. The van der Waals surface area contributed by atoms with Gasteiger partial charge in [-0.3, -0.25) is 4.79 Å². The first kappa shape index (κ1) is 13.6. The van der Waals surface area contributed by atoms with Crippen LogP contribution in [0.15, 0.2) is 24.5 Å². The Kier molecular flexibility index (Phi) is 3.60. The zero-order valence-corrected chi connectivity index (χ0v) is 11.7. The lowest BCUT2D eigenvalue weighted by Crippen LogP contribution is -2.37. The first-order valence-electron chi connectivity index (χ1n) is 7.11. The highest BCUT2D eigenvalue weighted by Crippen LogP contribution is 2.16. The van der Waals surface area contributed by atoms with Gasteiger partial charge >= 0.3 is 5.97 Å². The number of aromatic carboxylic acids is 1. The van der Waals surface area contributed by atoms with Crippen LogP contribution in [-0.2, 0) is 11.3 Å². The van der Waals surface area contributed by atoms with Crippen LogP contribution in [0.2, 0.25) is 0 Å². The van der Waals surface area contributed by atoms with Crippen LogP contribution in [0.25, 0.3) is 11.0 Å². The molecule has 2 heterocycles. The number of hydrogen-bond acceptors (Lipinski definition) is 3. The van der Waals surface area contributed by atoms with Gasteiger partial charge in [-0.25, -0.2) is 9.78 Å². The second-order valence-corrected chi connectivity index (χ2v) is 5.32. The Hall–Kier alpha value is -2.37. The third-order valence-corrected chi connectivity index (χ3v) is 3.88. The monoisotopic (exact) mass is 287 g/mol. The van der Waals surface area contributed by atoms with Crippen molar-refractivity contribution in [1.29, 1.82) is 0 Å². The number of amides is 1. The number of rotatable bonds is 3. The fourth-order valence-corrected chi connectivity index (χ4v) is 2.70. The van der Waals surface area contributed by atoms with Gasteiger partial charge in [0, 0.05) is 13.1 Å². The molecule has 0 unspecified atom stereocenters. The molecule has 1 fully saturated rings. The van der Waals surface area contributed by atoms with Crippen molar-refractivity contribution in [1.82, 2.24) is 14.5 Å². The number of piperidine rings is 1. The van der Waals surface area contributed by atoms with Crippen LogP contribution >= 0.6 is 0 Å². The van der Waals surface area contributed by atoms with Gasteiger partial charge in [-0.1, -0.05) is 0 Å². The van der Waals surface area contributed by atoms with Gasteiger partial charge < -0.3 is 14.6 Å². The van der Waals surface area contributed by atoms with E-state index in [0.717, 1.165) is 25.9 Å². The molecule has 1 aliphatic rings. The fourth-order valence-electron chi connectivity index (χ4n) is 2.70. The van der Waals surface area contributed by atoms with Crippen LogP contribution in [0.1, 0.15) is 29.6 Å². The summed E-state index contributed by atoms with van der Waals surface area (Å²) in [5.41, 5.74) is 1.58. The van der Waals surface area contributed by atoms with E-state index in [2.05, 4.69) is 4.98 Å². The molecule has 1 aromatic carbocycles. The summed E-state index contributed by atoms with van der Waals surface area (Å²) >= 11 is 0. The molecule has 1 saturated heterocycles. The van der Waals surface area contributed by atoms with Crippen molar-refractivity contribution in [2.75, 3.05) is 13.1 Å². The molecule has 2 aromatic rings. The molecule has 6 nitrogen and oxygen atoms in total. The van der Waals surface area contributed by atoms with E-state index in [1.807, 2.05) is 4.90 Å². The topological polar surface area (TPSA) is 75.4 Å². The number of benzene rings is 1. The lowest BCUT2D eigenvalue weighted by molar-refractivity contribution is -0.132. The highest BCUT2D eigenvalue weighted by Gasteiger charge is 2.18. The van der Waals surface area contributed by atoms with E-state index in [1.54, 1.807) is 23.0 Å². The van der Waals surface area contributed by atoms with E-state index in [4.69, 9.17) is 5.11 Å². The normalized spacial score (nSPS) is 15.3. The molecular weight excluding hydrogens is 270 g/mol. The number of carbonyl (C=O) groups excluding carboxylic acids is 1. The van der Waals surface area contributed by atoms with Gasteiger partial charge in [0.05, 0.1) is 22.9 Å². The van der Waals surface area contributed by atoms with E-state index >= 15 is 0 Å². The molecule has 0 atom stereocenters. The molecule has 110 valence electrons. The molecule has 0 aliphatic carbocycles. The summed E-state index contributed by atoms with van der Waals surface area (Å²) in [6.45, 7) is 1.83. The Morgan fingerprint density at radius 1 is 1.19 bits per heavy atom. The Morgan fingerprint density at radius 3 is 2.67 bits per heavy atom. The zero-order chi connectivity index (χ0) is 14.8. The molecule has 0 saturated carbocycles. The van der Waals surface area contributed by atoms with Crippen molar-refractivity contribution in [3.8, 4) is 0 Å². The Balaban J connectivity index is 1.84. The molecule has 6 heteroatoms. The third kappa shape index (κ3) is 2.74. The quantitative estimate of drug-likeness (QED) is 0.933. The predicted molar refractivity (Wildman–Crippen MR) is 77.1 cm³/mol. The van der Waals surface area contributed by atoms with Gasteiger partial charge in [-0.05, 0) is 37.5 Å². The summed E-state index contributed by atoms with van der Waals surface area (Å²) in [5, 5.41) is 9.05. The highest BCUT2D eigenvalue weighted by molar-refractivity contribution is 5.92. The van der Waals surface area contributed by atoms with Gasteiger partial charge in [0.1, 0.15) is 6.54 Å². The number of carboxylic acid groups (broad SMARTS) is 1. The van der Waals surface area contributed by atoms with Gasteiger partial charge in [0.25, 0.3) is 0 Å². The molecule has 1 aromatic heterocycles. The Morgan fingerprint density at radius 2 is 1.95 bits per heavy atom. The van der Waals surface area contributed by atoms with Crippen LogP contribution in [-0.4, -0.2) is 44.5 Å². The summed E-state index contributed by atoms with van der Waals surface area (Å²) < 4.78 is 1.72. The minimum Gasteiger partial charge on any atom is -0.478 e. The van der Waals surface area contributed by atoms with Crippen molar-refractivity contribution in [3.63, 3.8) is 0 Å². The molecule has 21 heavy (non-hydrogen) atoms. The van der Waals surface area contributed by atoms with Gasteiger partial charge in [-0.2, -0.15) is 0 Å². The summed E-state index contributed by atoms with van der Waals surface area (Å²) in [4.78, 5) is 29.4. The summed E-state index contributed by atoms with van der Waals surface area (Å²) in [5.74, 6) is -0.915.